The lowest BCUT2D eigenvalue weighted by Crippen LogP contribution is -2.23. The van der Waals surface area contributed by atoms with Gasteiger partial charge in [-0.2, -0.15) is 0 Å². The summed E-state index contributed by atoms with van der Waals surface area (Å²) in [5.74, 6) is -0.465. The normalized spacial score (nSPS) is 10.9. The number of rotatable bonds is 6. The molecule has 6 heteroatoms. The lowest BCUT2D eigenvalue weighted by atomic mass is 10.3. The van der Waals surface area contributed by atoms with Crippen molar-refractivity contribution in [3.05, 3.63) is 50.9 Å². The van der Waals surface area contributed by atoms with Gasteiger partial charge >= 0.3 is 0 Å². The average Bonchev–Trinajstić information content (AvgIpc) is 2.82. The predicted molar refractivity (Wildman–Crippen MR) is 88.0 cm³/mol. The van der Waals surface area contributed by atoms with E-state index in [4.69, 9.17) is 0 Å². The summed E-state index contributed by atoms with van der Waals surface area (Å²) in [5, 5.41) is 2.70. The van der Waals surface area contributed by atoms with Crippen molar-refractivity contribution in [3.63, 3.8) is 0 Å². The molecule has 0 saturated carbocycles. The molecule has 2 rings (SSSR count). The number of amides is 1. The number of nitrogens with one attached hydrogen (secondary N) is 1. The highest BCUT2D eigenvalue weighted by Crippen LogP contribution is 2.23. The quantitative estimate of drug-likeness (QED) is 0.829. The molecule has 1 heterocycles. The van der Waals surface area contributed by atoms with Crippen LogP contribution < -0.4 is 5.32 Å². The third-order valence-corrected chi connectivity index (χ3v) is 4.49. The molecule has 0 atom stereocenters. The number of nitrogens with zero attached hydrogens (tertiary/aromatic N) is 1. The fraction of sp³-hybridized carbons (Fsp3) is 0.267. The van der Waals surface area contributed by atoms with Crippen LogP contribution in [0.15, 0.2) is 40.2 Å². The summed E-state index contributed by atoms with van der Waals surface area (Å²) in [4.78, 5) is 15.2. The van der Waals surface area contributed by atoms with E-state index < -0.39 is 0 Å². The van der Waals surface area contributed by atoms with Gasteiger partial charge in [0, 0.05) is 30.1 Å². The number of benzene rings is 1. The third-order valence-electron chi connectivity index (χ3n) is 2.88. The molecule has 0 aliphatic rings. The molecule has 1 aromatic heterocycles. The number of carbonyl (C=O) groups is 1. The number of hydrogen-bond acceptors (Lipinski definition) is 3. The second-order valence-electron chi connectivity index (χ2n) is 4.75. The number of anilines is 1. The number of thiophene rings is 1. The maximum atomic E-state index is 13.0. The Morgan fingerprint density at radius 1 is 1.38 bits per heavy atom. The molecule has 2 aromatic rings. The zero-order valence-electron chi connectivity index (χ0n) is 11.6. The molecule has 0 aliphatic heterocycles. The Morgan fingerprint density at radius 3 is 2.86 bits per heavy atom. The molecule has 0 saturated heterocycles. The Morgan fingerprint density at radius 2 is 2.19 bits per heavy atom. The van der Waals surface area contributed by atoms with E-state index in [9.17, 15) is 9.18 Å². The first kappa shape index (κ1) is 16.1. The summed E-state index contributed by atoms with van der Waals surface area (Å²) >= 11 is 5.12. The lowest BCUT2D eigenvalue weighted by Gasteiger charge is -2.15. The van der Waals surface area contributed by atoms with Crippen molar-refractivity contribution in [2.75, 3.05) is 18.9 Å². The van der Waals surface area contributed by atoms with Crippen LogP contribution in [0.4, 0.5) is 10.1 Å². The molecule has 0 radical (unpaired) electrons. The standard InChI is InChI=1S/C15H16BrFN2OS/c1-19(10-13-5-6-14(16)21-13)8-7-15(20)18-12-4-2-3-11(17)9-12/h2-6,9H,7-8,10H2,1H3,(H,18,20). The van der Waals surface area contributed by atoms with Gasteiger partial charge < -0.3 is 10.2 Å². The largest absolute Gasteiger partial charge is 0.326 e. The highest BCUT2D eigenvalue weighted by atomic mass is 79.9. The van der Waals surface area contributed by atoms with E-state index in [1.807, 2.05) is 13.1 Å². The molecule has 1 amide bonds. The maximum Gasteiger partial charge on any atom is 0.225 e. The minimum Gasteiger partial charge on any atom is -0.326 e. The Kier molecular flexibility index (Phi) is 5.90. The van der Waals surface area contributed by atoms with Gasteiger partial charge in [0.15, 0.2) is 0 Å². The van der Waals surface area contributed by atoms with Crippen LogP contribution in [0.25, 0.3) is 0 Å². The Labute approximate surface area is 135 Å². The van der Waals surface area contributed by atoms with Crippen LogP contribution in [0.5, 0.6) is 0 Å². The predicted octanol–water partition coefficient (Wildman–Crippen LogP) is 4.11. The zero-order valence-corrected chi connectivity index (χ0v) is 14.0. The van der Waals surface area contributed by atoms with E-state index in [1.165, 1.54) is 17.0 Å². The van der Waals surface area contributed by atoms with E-state index in [0.717, 1.165) is 10.3 Å². The van der Waals surface area contributed by atoms with Crippen molar-refractivity contribution < 1.29 is 9.18 Å². The topological polar surface area (TPSA) is 32.3 Å². The van der Waals surface area contributed by atoms with E-state index in [1.54, 1.807) is 23.5 Å². The minimum atomic E-state index is -0.354. The number of halogens is 2. The SMILES string of the molecule is CN(CCC(=O)Nc1cccc(F)c1)Cc1ccc(Br)s1. The van der Waals surface area contributed by atoms with E-state index in [2.05, 4.69) is 32.2 Å². The van der Waals surface area contributed by atoms with Gasteiger partial charge in [-0.1, -0.05) is 6.07 Å². The molecule has 3 nitrogen and oxygen atoms in total. The van der Waals surface area contributed by atoms with Crippen molar-refractivity contribution in [2.45, 2.75) is 13.0 Å². The first-order valence-corrected chi connectivity index (χ1v) is 8.12. The smallest absolute Gasteiger partial charge is 0.225 e. The summed E-state index contributed by atoms with van der Waals surface area (Å²) in [7, 11) is 1.98. The van der Waals surface area contributed by atoms with Gasteiger partial charge in [0.1, 0.15) is 5.82 Å². The van der Waals surface area contributed by atoms with Gasteiger partial charge in [-0.15, -0.1) is 11.3 Å². The first-order valence-electron chi connectivity index (χ1n) is 6.51. The molecule has 21 heavy (non-hydrogen) atoms. The number of hydrogen-bond donors (Lipinski definition) is 1. The molecular formula is C15H16BrFN2OS. The monoisotopic (exact) mass is 370 g/mol. The maximum absolute atomic E-state index is 13.0. The second kappa shape index (κ2) is 7.68. The van der Waals surface area contributed by atoms with Crippen LogP contribution in [-0.2, 0) is 11.3 Å². The molecule has 0 fully saturated rings. The summed E-state index contributed by atoms with van der Waals surface area (Å²) in [6, 6.07) is 10.00. The summed E-state index contributed by atoms with van der Waals surface area (Å²) in [6.45, 7) is 1.46. The Hall–Kier alpha value is -1.24. The van der Waals surface area contributed by atoms with Crippen molar-refractivity contribution in [1.82, 2.24) is 4.90 Å². The van der Waals surface area contributed by atoms with Crippen molar-refractivity contribution in [2.24, 2.45) is 0 Å². The van der Waals surface area contributed by atoms with Crippen LogP contribution in [-0.4, -0.2) is 24.4 Å². The lowest BCUT2D eigenvalue weighted by molar-refractivity contribution is -0.116. The van der Waals surface area contributed by atoms with Crippen LogP contribution in [0.3, 0.4) is 0 Å². The fourth-order valence-corrected chi connectivity index (χ4v) is 3.43. The molecular weight excluding hydrogens is 355 g/mol. The molecule has 1 N–H and O–H groups in total. The second-order valence-corrected chi connectivity index (χ2v) is 7.30. The molecule has 0 unspecified atom stereocenters. The van der Waals surface area contributed by atoms with Gasteiger partial charge in [-0.05, 0) is 53.3 Å². The Balaban J connectivity index is 1.75. The highest BCUT2D eigenvalue weighted by molar-refractivity contribution is 9.11. The first-order chi connectivity index (χ1) is 10.0. The molecule has 0 spiro atoms. The zero-order chi connectivity index (χ0) is 15.2. The van der Waals surface area contributed by atoms with Crippen molar-refractivity contribution in [3.8, 4) is 0 Å². The van der Waals surface area contributed by atoms with Gasteiger partial charge in [0.2, 0.25) is 5.91 Å². The molecule has 1 aromatic carbocycles. The summed E-state index contributed by atoms with van der Waals surface area (Å²) < 4.78 is 14.1. The molecule has 0 bridgehead atoms. The third kappa shape index (κ3) is 5.57. The van der Waals surface area contributed by atoms with Gasteiger partial charge in [-0.3, -0.25) is 4.79 Å². The average molecular weight is 371 g/mol. The molecule has 112 valence electrons. The van der Waals surface area contributed by atoms with Crippen LogP contribution in [0.2, 0.25) is 0 Å². The molecule has 0 aliphatic carbocycles. The van der Waals surface area contributed by atoms with Crippen LogP contribution in [0, 0.1) is 5.82 Å². The van der Waals surface area contributed by atoms with E-state index in [-0.39, 0.29) is 11.7 Å². The van der Waals surface area contributed by atoms with Gasteiger partial charge in [0.05, 0.1) is 3.79 Å². The highest BCUT2D eigenvalue weighted by Gasteiger charge is 2.07. The van der Waals surface area contributed by atoms with E-state index >= 15 is 0 Å². The van der Waals surface area contributed by atoms with E-state index in [0.29, 0.717) is 18.7 Å². The summed E-state index contributed by atoms with van der Waals surface area (Å²) in [5.41, 5.74) is 0.491. The Bertz CT molecular complexity index is 617. The van der Waals surface area contributed by atoms with Crippen LogP contribution >= 0.6 is 27.3 Å². The van der Waals surface area contributed by atoms with Crippen molar-refractivity contribution in [1.29, 1.82) is 0 Å². The minimum absolute atomic E-state index is 0.111. The summed E-state index contributed by atoms with van der Waals surface area (Å²) in [6.07, 6.45) is 0.375. The van der Waals surface area contributed by atoms with Crippen molar-refractivity contribution >= 4 is 38.9 Å². The number of carbonyl (C=O) groups excluding carboxylic acids is 1. The fourth-order valence-electron chi connectivity index (χ4n) is 1.86. The van der Waals surface area contributed by atoms with Gasteiger partial charge in [-0.25, -0.2) is 4.39 Å². The van der Waals surface area contributed by atoms with Crippen LogP contribution in [0.1, 0.15) is 11.3 Å². The van der Waals surface area contributed by atoms with Gasteiger partial charge in [0.25, 0.3) is 0 Å².